The van der Waals surface area contributed by atoms with Crippen LogP contribution in [0.4, 0.5) is 8.78 Å². The summed E-state index contributed by atoms with van der Waals surface area (Å²) in [6.07, 6.45) is 1.13. The number of halogens is 3. The van der Waals surface area contributed by atoms with Crippen molar-refractivity contribution in [2.45, 2.75) is 25.2 Å². The van der Waals surface area contributed by atoms with Gasteiger partial charge in [-0.25, -0.2) is 8.78 Å². The van der Waals surface area contributed by atoms with Gasteiger partial charge in [-0.05, 0) is 24.8 Å². The van der Waals surface area contributed by atoms with Crippen LogP contribution in [0.15, 0.2) is 6.07 Å². The van der Waals surface area contributed by atoms with Crippen LogP contribution in [-0.4, -0.2) is 16.2 Å². The van der Waals surface area contributed by atoms with Crippen LogP contribution < -0.4 is 0 Å². The molecule has 1 atom stereocenters. The highest BCUT2D eigenvalue weighted by atomic mass is 35.5. The number of carbonyl (C=O) groups is 1. The summed E-state index contributed by atoms with van der Waals surface area (Å²) >= 11 is 5.59. The van der Waals surface area contributed by atoms with Crippen LogP contribution >= 0.6 is 11.6 Å². The predicted octanol–water partition coefficient (Wildman–Crippen LogP) is 3.29. The van der Waals surface area contributed by atoms with E-state index in [2.05, 4.69) is 0 Å². The quantitative estimate of drug-likeness (QED) is 0.830. The average molecular weight is 277 g/mol. The van der Waals surface area contributed by atoms with Crippen LogP contribution in [0.2, 0.25) is 5.02 Å². The molecule has 1 aromatic rings. The van der Waals surface area contributed by atoms with Gasteiger partial charge in [0.25, 0.3) is 0 Å². The fourth-order valence-corrected chi connectivity index (χ4v) is 2.33. The normalized spacial score (nSPS) is 16.6. The van der Waals surface area contributed by atoms with Crippen molar-refractivity contribution in [2.75, 3.05) is 0 Å². The molecule has 1 unspecified atom stereocenters. The van der Waals surface area contributed by atoms with Crippen LogP contribution in [0, 0.1) is 17.6 Å². The zero-order valence-corrected chi connectivity index (χ0v) is 10.0. The standard InChI is InChI=1S/C12H11ClF2O3/c13-7-4-8(14)11(15)10(12(7)18)6(3-9(16)17)5-1-2-5/h4-6,18H,1-3H2,(H,16,17). The highest BCUT2D eigenvalue weighted by Crippen LogP contribution is 2.49. The summed E-state index contributed by atoms with van der Waals surface area (Å²) in [4.78, 5) is 10.8. The first-order valence-corrected chi connectivity index (χ1v) is 5.87. The highest BCUT2D eigenvalue weighted by molar-refractivity contribution is 6.32. The van der Waals surface area contributed by atoms with Crippen molar-refractivity contribution in [3.05, 3.63) is 28.3 Å². The maximum Gasteiger partial charge on any atom is 0.303 e. The second kappa shape index (κ2) is 4.72. The van der Waals surface area contributed by atoms with Gasteiger partial charge in [0.05, 0.1) is 11.4 Å². The molecule has 1 saturated carbocycles. The van der Waals surface area contributed by atoms with Gasteiger partial charge in [-0.2, -0.15) is 0 Å². The van der Waals surface area contributed by atoms with E-state index >= 15 is 0 Å². The molecule has 0 heterocycles. The molecule has 0 bridgehead atoms. The molecule has 1 aromatic carbocycles. The lowest BCUT2D eigenvalue weighted by atomic mass is 9.89. The van der Waals surface area contributed by atoms with Gasteiger partial charge < -0.3 is 10.2 Å². The van der Waals surface area contributed by atoms with Gasteiger partial charge >= 0.3 is 5.97 Å². The average Bonchev–Trinajstić information content (AvgIpc) is 3.08. The Bertz CT molecular complexity index is 474. The third kappa shape index (κ3) is 2.41. The number of carboxylic acids is 1. The molecule has 0 aliphatic heterocycles. The fourth-order valence-electron chi connectivity index (χ4n) is 2.13. The molecule has 0 saturated heterocycles. The minimum absolute atomic E-state index is 0.0423. The molecule has 18 heavy (non-hydrogen) atoms. The molecule has 0 radical (unpaired) electrons. The van der Waals surface area contributed by atoms with Gasteiger partial charge in [0.1, 0.15) is 5.75 Å². The van der Waals surface area contributed by atoms with Gasteiger partial charge in [0.2, 0.25) is 0 Å². The topological polar surface area (TPSA) is 57.5 Å². The van der Waals surface area contributed by atoms with E-state index in [1.807, 2.05) is 0 Å². The van der Waals surface area contributed by atoms with Crippen molar-refractivity contribution < 1.29 is 23.8 Å². The first kappa shape index (κ1) is 13.1. The molecule has 1 aliphatic carbocycles. The number of phenolic OH excluding ortho intramolecular Hbond substituents is 1. The summed E-state index contributed by atoms with van der Waals surface area (Å²) in [5.41, 5.74) is -0.315. The van der Waals surface area contributed by atoms with Crippen molar-refractivity contribution >= 4 is 17.6 Å². The van der Waals surface area contributed by atoms with Gasteiger partial charge in [-0.3, -0.25) is 4.79 Å². The molecule has 3 nitrogen and oxygen atoms in total. The third-order valence-corrected chi connectivity index (χ3v) is 3.43. The Morgan fingerprint density at radius 2 is 2.11 bits per heavy atom. The van der Waals surface area contributed by atoms with Gasteiger partial charge in [-0.1, -0.05) is 11.6 Å². The molecule has 0 spiro atoms. The summed E-state index contributed by atoms with van der Waals surface area (Å²) in [6, 6.07) is 0.681. The highest BCUT2D eigenvalue weighted by Gasteiger charge is 2.38. The third-order valence-electron chi connectivity index (χ3n) is 3.14. The van der Waals surface area contributed by atoms with E-state index in [0.717, 1.165) is 12.8 Å². The van der Waals surface area contributed by atoms with Crippen molar-refractivity contribution in [3.63, 3.8) is 0 Å². The van der Waals surface area contributed by atoms with Crippen LogP contribution in [0.1, 0.15) is 30.7 Å². The van der Waals surface area contributed by atoms with E-state index in [1.54, 1.807) is 0 Å². The molecule has 2 N–H and O–H groups in total. The summed E-state index contributed by atoms with van der Waals surface area (Å²) in [5, 5.41) is 18.2. The van der Waals surface area contributed by atoms with Gasteiger partial charge in [-0.15, -0.1) is 0 Å². The molecule has 2 rings (SSSR count). The monoisotopic (exact) mass is 276 g/mol. The van der Waals surface area contributed by atoms with Crippen LogP contribution in [0.3, 0.4) is 0 Å². The smallest absolute Gasteiger partial charge is 0.303 e. The zero-order valence-electron chi connectivity index (χ0n) is 9.29. The Balaban J connectivity index is 2.49. The number of hydrogen-bond donors (Lipinski definition) is 2. The number of aliphatic carboxylic acids is 1. The van der Waals surface area contributed by atoms with Crippen molar-refractivity contribution in [3.8, 4) is 5.75 Å². The van der Waals surface area contributed by atoms with Crippen LogP contribution in [0.25, 0.3) is 0 Å². The van der Waals surface area contributed by atoms with Crippen molar-refractivity contribution in [1.29, 1.82) is 0 Å². The van der Waals surface area contributed by atoms with E-state index in [9.17, 15) is 18.7 Å². The predicted molar refractivity (Wildman–Crippen MR) is 60.8 cm³/mol. The number of rotatable bonds is 4. The molecule has 0 aromatic heterocycles. The minimum Gasteiger partial charge on any atom is -0.506 e. The largest absolute Gasteiger partial charge is 0.506 e. The Hall–Kier alpha value is -1.36. The first-order chi connectivity index (χ1) is 8.41. The van der Waals surface area contributed by atoms with Crippen LogP contribution in [-0.2, 0) is 4.79 Å². The number of hydrogen-bond acceptors (Lipinski definition) is 2. The molecule has 1 aliphatic rings. The van der Waals surface area contributed by atoms with E-state index in [1.165, 1.54) is 0 Å². The fraction of sp³-hybridized carbons (Fsp3) is 0.417. The number of phenols is 1. The second-order valence-corrected chi connectivity index (χ2v) is 4.87. The first-order valence-electron chi connectivity index (χ1n) is 5.50. The van der Waals surface area contributed by atoms with E-state index in [0.29, 0.717) is 6.07 Å². The maximum absolute atomic E-state index is 13.7. The molecule has 1 fully saturated rings. The van der Waals surface area contributed by atoms with Crippen molar-refractivity contribution in [2.24, 2.45) is 5.92 Å². The summed E-state index contributed by atoms with van der Waals surface area (Å²) in [6.45, 7) is 0. The minimum atomic E-state index is -1.21. The maximum atomic E-state index is 13.7. The molecule has 6 heteroatoms. The second-order valence-electron chi connectivity index (χ2n) is 4.46. The Morgan fingerprint density at radius 3 is 2.61 bits per heavy atom. The Labute approximate surface area is 107 Å². The molecule has 98 valence electrons. The van der Waals surface area contributed by atoms with E-state index in [-0.39, 0.29) is 22.9 Å². The number of aromatic hydroxyl groups is 1. The molecular weight excluding hydrogens is 266 g/mol. The zero-order chi connectivity index (χ0) is 13.4. The van der Waals surface area contributed by atoms with Gasteiger partial charge in [0, 0.05) is 11.5 Å². The number of benzene rings is 1. The Morgan fingerprint density at radius 1 is 1.50 bits per heavy atom. The van der Waals surface area contributed by atoms with E-state index < -0.39 is 29.3 Å². The summed E-state index contributed by atoms with van der Waals surface area (Å²) < 4.78 is 27.0. The Kier molecular flexibility index (Phi) is 3.43. The van der Waals surface area contributed by atoms with Crippen molar-refractivity contribution in [1.82, 2.24) is 0 Å². The lowest BCUT2D eigenvalue weighted by molar-refractivity contribution is -0.137. The molecule has 0 amide bonds. The summed E-state index contributed by atoms with van der Waals surface area (Å²) in [5.74, 6) is -4.85. The lowest BCUT2D eigenvalue weighted by Crippen LogP contribution is -2.11. The SMILES string of the molecule is O=C(O)CC(c1c(O)c(Cl)cc(F)c1F)C1CC1. The van der Waals surface area contributed by atoms with Gasteiger partial charge in [0.15, 0.2) is 11.6 Å². The van der Waals surface area contributed by atoms with Crippen LogP contribution in [0.5, 0.6) is 5.75 Å². The summed E-state index contributed by atoms with van der Waals surface area (Å²) in [7, 11) is 0. The molecular formula is C12H11ClF2O3. The van der Waals surface area contributed by atoms with E-state index in [4.69, 9.17) is 16.7 Å². The lowest BCUT2D eigenvalue weighted by Gasteiger charge is -2.17. The number of carboxylic acid groups (broad SMARTS) is 1.